The van der Waals surface area contributed by atoms with Gasteiger partial charge >= 0.3 is 0 Å². The third kappa shape index (κ3) is 3.75. The zero-order valence-electron chi connectivity index (χ0n) is 14.1. The van der Waals surface area contributed by atoms with Crippen molar-refractivity contribution >= 4 is 11.6 Å². The second-order valence-corrected chi connectivity index (χ2v) is 6.17. The van der Waals surface area contributed by atoms with E-state index in [9.17, 15) is 4.79 Å². The molecule has 0 spiro atoms. The standard InChI is InChI=1S/C18H25N3O/c1-6-18(22)19-16-8-7-14(9-12(2)3)11-15(16)17-10-13(4)20-21(17)5/h7-8,10-12H,6,9H2,1-5H3,(H,19,22). The molecular formula is C18H25N3O. The first-order valence-corrected chi connectivity index (χ1v) is 7.84. The molecule has 0 unspecified atom stereocenters. The van der Waals surface area contributed by atoms with Crippen LogP contribution in [0.2, 0.25) is 0 Å². The number of nitrogens with zero attached hydrogens (tertiary/aromatic N) is 2. The molecule has 0 fully saturated rings. The number of anilines is 1. The Balaban J connectivity index is 2.49. The van der Waals surface area contributed by atoms with E-state index in [1.807, 2.05) is 31.6 Å². The highest BCUT2D eigenvalue weighted by atomic mass is 16.1. The molecule has 1 aromatic carbocycles. The summed E-state index contributed by atoms with van der Waals surface area (Å²) in [5, 5.41) is 7.42. The van der Waals surface area contributed by atoms with Crippen LogP contribution >= 0.6 is 0 Å². The second-order valence-electron chi connectivity index (χ2n) is 6.17. The molecular weight excluding hydrogens is 274 g/mol. The predicted octanol–water partition coefficient (Wildman–Crippen LogP) is 3.94. The first-order valence-electron chi connectivity index (χ1n) is 7.84. The van der Waals surface area contributed by atoms with Crippen molar-refractivity contribution in [1.82, 2.24) is 9.78 Å². The Kier molecular flexibility index (Phi) is 5.01. The lowest BCUT2D eigenvalue weighted by atomic mass is 9.98. The third-order valence-corrected chi connectivity index (χ3v) is 3.60. The molecule has 1 aromatic heterocycles. The van der Waals surface area contributed by atoms with Crippen molar-refractivity contribution in [2.45, 2.75) is 40.5 Å². The number of rotatable bonds is 5. The molecule has 0 radical (unpaired) electrons. The minimum atomic E-state index is 0.0248. The van der Waals surface area contributed by atoms with Crippen LogP contribution in [0.3, 0.4) is 0 Å². The largest absolute Gasteiger partial charge is 0.325 e. The molecule has 0 atom stereocenters. The topological polar surface area (TPSA) is 46.9 Å². The molecule has 1 heterocycles. The van der Waals surface area contributed by atoms with Gasteiger partial charge in [0.15, 0.2) is 0 Å². The van der Waals surface area contributed by atoms with Gasteiger partial charge in [-0.1, -0.05) is 26.8 Å². The van der Waals surface area contributed by atoms with Gasteiger partial charge in [0.2, 0.25) is 5.91 Å². The maximum Gasteiger partial charge on any atom is 0.224 e. The van der Waals surface area contributed by atoms with Crippen LogP contribution in [0.25, 0.3) is 11.3 Å². The second kappa shape index (κ2) is 6.77. The Morgan fingerprint density at radius 1 is 1.32 bits per heavy atom. The summed E-state index contributed by atoms with van der Waals surface area (Å²) >= 11 is 0. The van der Waals surface area contributed by atoms with Gasteiger partial charge in [-0.3, -0.25) is 9.48 Å². The summed E-state index contributed by atoms with van der Waals surface area (Å²) in [4.78, 5) is 11.8. The van der Waals surface area contributed by atoms with Crippen molar-refractivity contribution in [3.63, 3.8) is 0 Å². The molecule has 0 aliphatic heterocycles. The van der Waals surface area contributed by atoms with Crippen molar-refractivity contribution in [2.75, 3.05) is 5.32 Å². The maximum absolute atomic E-state index is 11.8. The average molecular weight is 299 g/mol. The molecule has 22 heavy (non-hydrogen) atoms. The molecule has 0 saturated carbocycles. The molecule has 0 saturated heterocycles. The van der Waals surface area contributed by atoms with E-state index in [4.69, 9.17) is 0 Å². The van der Waals surface area contributed by atoms with Gasteiger partial charge < -0.3 is 5.32 Å². The predicted molar refractivity (Wildman–Crippen MR) is 90.8 cm³/mol. The van der Waals surface area contributed by atoms with Gasteiger partial charge in [-0.25, -0.2) is 0 Å². The Morgan fingerprint density at radius 2 is 2.05 bits per heavy atom. The Morgan fingerprint density at radius 3 is 2.59 bits per heavy atom. The van der Waals surface area contributed by atoms with E-state index in [-0.39, 0.29) is 5.91 Å². The minimum absolute atomic E-state index is 0.0248. The number of benzene rings is 1. The molecule has 2 aromatic rings. The zero-order valence-corrected chi connectivity index (χ0v) is 14.1. The van der Waals surface area contributed by atoms with Crippen molar-refractivity contribution in [3.8, 4) is 11.3 Å². The van der Waals surface area contributed by atoms with Crippen LogP contribution in [0.1, 0.15) is 38.4 Å². The Labute approximate surface area is 132 Å². The molecule has 0 aliphatic carbocycles. The summed E-state index contributed by atoms with van der Waals surface area (Å²) in [7, 11) is 1.93. The van der Waals surface area contributed by atoms with E-state index < -0.39 is 0 Å². The quantitative estimate of drug-likeness (QED) is 0.909. The highest BCUT2D eigenvalue weighted by Crippen LogP contribution is 2.30. The van der Waals surface area contributed by atoms with Gasteiger partial charge in [0.05, 0.1) is 17.1 Å². The number of amides is 1. The maximum atomic E-state index is 11.8. The van der Waals surface area contributed by atoms with Gasteiger partial charge in [-0.05, 0) is 43.0 Å². The lowest BCUT2D eigenvalue weighted by Crippen LogP contribution is -2.11. The number of carbonyl (C=O) groups excluding carboxylic acids is 1. The van der Waals surface area contributed by atoms with E-state index in [1.54, 1.807) is 0 Å². The fourth-order valence-electron chi connectivity index (χ4n) is 2.61. The van der Waals surface area contributed by atoms with E-state index in [0.717, 1.165) is 29.1 Å². The first kappa shape index (κ1) is 16.3. The zero-order chi connectivity index (χ0) is 16.3. The van der Waals surface area contributed by atoms with Crippen LogP contribution in [0, 0.1) is 12.8 Å². The van der Waals surface area contributed by atoms with Crippen LogP contribution in [0.5, 0.6) is 0 Å². The summed E-state index contributed by atoms with van der Waals surface area (Å²) in [5.41, 5.74) is 5.15. The van der Waals surface area contributed by atoms with Gasteiger partial charge in [-0.15, -0.1) is 0 Å². The fraction of sp³-hybridized carbons (Fsp3) is 0.444. The van der Waals surface area contributed by atoms with Crippen LogP contribution in [-0.2, 0) is 18.3 Å². The van der Waals surface area contributed by atoms with Crippen LogP contribution < -0.4 is 5.32 Å². The summed E-state index contributed by atoms with van der Waals surface area (Å²) in [6.07, 6.45) is 1.49. The van der Waals surface area contributed by atoms with E-state index >= 15 is 0 Å². The van der Waals surface area contributed by atoms with Gasteiger partial charge in [-0.2, -0.15) is 5.10 Å². The van der Waals surface area contributed by atoms with Gasteiger partial charge in [0.1, 0.15) is 0 Å². The monoisotopic (exact) mass is 299 g/mol. The lowest BCUT2D eigenvalue weighted by molar-refractivity contribution is -0.115. The molecule has 4 heteroatoms. The lowest BCUT2D eigenvalue weighted by Gasteiger charge is -2.14. The molecule has 1 amide bonds. The summed E-state index contributed by atoms with van der Waals surface area (Å²) in [6.45, 7) is 8.25. The third-order valence-electron chi connectivity index (χ3n) is 3.60. The fourth-order valence-corrected chi connectivity index (χ4v) is 2.61. The van der Waals surface area contributed by atoms with Crippen LogP contribution in [0.15, 0.2) is 24.3 Å². The number of aryl methyl sites for hydroxylation is 2. The van der Waals surface area contributed by atoms with Crippen LogP contribution in [-0.4, -0.2) is 15.7 Å². The molecule has 1 N–H and O–H groups in total. The summed E-state index contributed by atoms with van der Waals surface area (Å²) < 4.78 is 1.87. The van der Waals surface area contributed by atoms with Crippen molar-refractivity contribution in [1.29, 1.82) is 0 Å². The van der Waals surface area contributed by atoms with E-state index in [0.29, 0.717) is 12.3 Å². The molecule has 2 rings (SSSR count). The van der Waals surface area contributed by atoms with Crippen LogP contribution in [0.4, 0.5) is 5.69 Å². The number of hydrogen-bond donors (Lipinski definition) is 1. The smallest absolute Gasteiger partial charge is 0.224 e. The first-order chi connectivity index (χ1) is 10.4. The average Bonchev–Trinajstić information content (AvgIpc) is 2.78. The molecule has 118 valence electrons. The normalized spacial score (nSPS) is 11.0. The summed E-state index contributed by atoms with van der Waals surface area (Å²) in [6, 6.07) is 8.32. The molecule has 4 nitrogen and oxygen atoms in total. The van der Waals surface area contributed by atoms with Gasteiger partial charge in [0.25, 0.3) is 0 Å². The highest BCUT2D eigenvalue weighted by Gasteiger charge is 2.13. The van der Waals surface area contributed by atoms with E-state index in [2.05, 4.69) is 42.5 Å². The highest BCUT2D eigenvalue weighted by molar-refractivity contribution is 5.95. The molecule has 0 bridgehead atoms. The Bertz CT molecular complexity index is 671. The van der Waals surface area contributed by atoms with Crippen molar-refractivity contribution < 1.29 is 4.79 Å². The number of nitrogens with one attached hydrogen (secondary N) is 1. The minimum Gasteiger partial charge on any atom is -0.325 e. The van der Waals surface area contributed by atoms with Crippen molar-refractivity contribution in [2.24, 2.45) is 13.0 Å². The Hall–Kier alpha value is -2.10. The van der Waals surface area contributed by atoms with Crippen molar-refractivity contribution in [3.05, 3.63) is 35.5 Å². The number of aromatic nitrogens is 2. The van der Waals surface area contributed by atoms with E-state index in [1.165, 1.54) is 5.56 Å². The number of carbonyl (C=O) groups is 1. The summed E-state index contributed by atoms with van der Waals surface area (Å²) in [5.74, 6) is 0.619. The SMILES string of the molecule is CCC(=O)Nc1ccc(CC(C)C)cc1-c1cc(C)nn1C. The van der Waals surface area contributed by atoms with Gasteiger partial charge in [0, 0.05) is 19.0 Å². The number of hydrogen-bond acceptors (Lipinski definition) is 2. The molecule has 0 aliphatic rings.